The van der Waals surface area contributed by atoms with E-state index in [0.717, 1.165) is 12.5 Å². The number of aryl methyl sites for hydroxylation is 1. The molecule has 1 heterocycles. The number of para-hydroxylation sites is 1. The molecule has 2 N–H and O–H groups in total. The Morgan fingerprint density at radius 2 is 1.88 bits per heavy atom. The Kier molecular flexibility index (Phi) is 6.23. The van der Waals surface area contributed by atoms with Gasteiger partial charge in [0.1, 0.15) is 10.8 Å². The van der Waals surface area contributed by atoms with Crippen LogP contribution in [-0.2, 0) is 6.42 Å². The van der Waals surface area contributed by atoms with Crippen LogP contribution >= 0.6 is 11.6 Å². The van der Waals surface area contributed by atoms with Crippen LogP contribution < -0.4 is 10.7 Å². The van der Waals surface area contributed by atoms with Gasteiger partial charge in [-0.15, -0.1) is 0 Å². The van der Waals surface area contributed by atoms with Gasteiger partial charge in [0.05, 0.1) is 10.6 Å². The van der Waals surface area contributed by atoms with Crippen LogP contribution in [0.15, 0.2) is 58.0 Å². The molecule has 0 fully saturated rings. The maximum absolute atomic E-state index is 12.7. The average Bonchev–Trinajstić information content (AvgIpc) is 3.15. The molecule has 3 aromatic rings. The number of halogens is 1. The maximum atomic E-state index is 12.7. The lowest BCUT2D eigenvalue weighted by Gasteiger charge is -2.13. The first-order chi connectivity index (χ1) is 15.8. The van der Waals surface area contributed by atoms with Gasteiger partial charge in [-0.05, 0) is 44.0 Å². The van der Waals surface area contributed by atoms with Crippen LogP contribution in [0, 0.1) is 17.0 Å². The number of hydrogen-bond acceptors (Lipinski definition) is 6. The number of hydrogen-bond donors (Lipinski definition) is 2. The quantitative estimate of drug-likeness (QED) is 0.409. The van der Waals surface area contributed by atoms with E-state index in [9.17, 15) is 19.7 Å². The van der Waals surface area contributed by atoms with Crippen molar-refractivity contribution in [2.45, 2.75) is 26.2 Å². The average molecular weight is 467 g/mol. The highest BCUT2D eigenvalue weighted by atomic mass is 35.5. The Labute approximate surface area is 193 Å². The Hall–Kier alpha value is -3.98. The van der Waals surface area contributed by atoms with E-state index >= 15 is 0 Å². The molecule has 0 bridgehead atoms. The van der Waals surface area contributed by atoms with Crippen molar-refractivity contribution in [2.24, 2.45) is 5.10 Å². The molecule has 0 unspecified atom stereocenters. The van der Waals surface area contributed by atoms with Crippen molar-refractivity contribution >= 4 is 40.5 Å². The fourth-order valence-corrected chi connectivity index (χ4v) is 3.87. The van der Waals surface area contributed by atoms with Crippen molar-refractivity contribution in [3.05, 3.63) is 91.9 Å². The Morgan fingerprint density at radius 3 is 2.61 bits per heavy atom. The SMILES string of the molecule is Cc1c(C(=O)Nc2ccccc2)oc2c1/C(=N/NC(=O)c1ccc(Cl)c([N+](=O)[O-])c1)CCC2. The van der Waals surface area contributed by atoms with Crippen molar-refractivity contribution in [2.75, 3.05) is 5.32 Å². The normalized spacial score (nSPS) is 13.9. The third-order valence-electron chi connectivity index (χ3n) is 5.26. The molecule has 9 nitrogen and oxygen atoms in total. The lowest BCUT2D eigenvalue weighted by molar-refractivity contribution is -0.384. The number of nitrogens with zero attached hydrogens (tertiary/aromatic N) is 2. The first-order valence-corrected chi connectivity index (χ1v) is 10.5. The molecule has 2 amide bonds. The van der Waals surface area contributed by atoms with Gasteiger partial charge < -0.3 is 9.73 Å². The highest BCUT2D eigenvalue weighted by Gasteiger charge is 2.28. The number of carbonyl (C=O) groups excluding carboxylic acids is 2. The van der Waals surface area contributed by atoms with Gasteiger partial charge in [-0.2, -0.15) is 5.10 Å². The second kappa shape index (κ2) is 9.25. The van der Waals surface area contributed by atoms with Crippen molar-refractivity contribution < 1.29 is 18.9 Å². The van der Waals surface area contributed by atoms with Gasteiger partial charge >= 0.3 is 0 Å². The second-order valence-corrected chi connectivity index (χ2v) is 7.86. The standard InChI is InChI=1S/C23H19ClN4O5/c1-13-20-17(26-27-22(29)14-10-11-16(24)18(12-14)28(31)32)8-5-9-19(20)33-21(13)23(30)25-15-6-3-2-4-7-15/h2-4,6-7,10-12H,5,8-9H2,1H3,(H,25,30)(H,27,29)/b26-17+. The topological polar surface area (TPSA) is 127 Å². The number of anilines is 1. The molecule has 0 radical (unpaired) electrons. The van der Waals surface area contributed by atoms with Crippen molar-refractivity contribution in [1.82, 2.24) is 5.43 Å². The zero-order valence-corrected chi connectivity index (χ0v) is 18.3. The molecule has 1 aliphatic rings. The first kappa shape index (κ1) is 22.2. The van der Waals surface area contributed by atoms with Crippen molar-refractivity contribution in [1.29, 1.82) is 0 Å². The summed E-state index contributed by atoms with van der Waals surface area (Å²) in [4.78, 5) is 35.7. The number of carbonyl (C=O) groups is 2. The molecule has 0 spiro atoms. The molecule has 2 aromatic carbocycles. The third kappa shape index (κ3) is 4.63. The third-order valence-corrected chi connectivity index (χ3v) is 5.58. The van der Waals surface area contributed by atoms with E-state index in [1.807, 2.05) is 18.2 Å². The van der Waals surface area contributed by atoms with Crippen LogP contribution in [0.2, 0.25) is 5.02 Å². The summed E-state index contributed by atoms with van der Waals surface area (Å²) in [7, 11) is 0. The number of nitro benzene ring substituents is 1. The minimum absolute atomic E-state index is 0.0540. The molecule has 0 saturated carbocycles. The van der Waals surface area contributed by atoms with E-state index in [-0.39, 0.29) is 27.9 Å². The Balaban J connectivity index is 1.57. The lowest BCUT2D eigenvalue weighted by atomic mass is 9.93. The smallest absolute Gasteiger partial charge is 0.291 e. The Morgan fingerprint density at radius 1 is 1.12 bits per heavy atom. The summed E-state index contributed by atoms with van der Waals surface area (Å²) in [5.41, 5.74) is 4.69. The van der Waals surface area contributed by atoms with E-state index in [1.54, 1.807) is 19.1 Å². The molecule has 168 valence electrons. The summed E-state index contributed by atoms with van der Waals surface area (Å²) >= 11 is 5.80. The van der Waals surface area contributed by atoms with E-state index in [0.29, 0.717) is 41.1 Å². The van der Waals surface area contributed by atoms with Gasteiger partial charge in [0.15, 0.2) is 5.76 Å². The summed E-state index contributed by atoms with van der Waals surface area (Å²) in [6.45, 7) is 1.77. The highest BCUT2D eigenvalue weighted by molar-refractivity contribution is 6.32. The highest BCUT2D eigenvalue weighted by Crippen LogP contribution is 2.30. The number of nitro groups is 1. The van der Waals surface area contributed by atoms with Crippen LogP contribution in [0.1, 0.15) is 50.6 Å². The molecule has 0 atom stereocenters. The molecule has 0 saturated heterocycles. The number of nitrogens with one attached hydrogen (secondary N) is 2. The number of fused-ring (bicyclic) bond motifs is 1. The molecule has 0 aliphatic heterocycles. The molecular weight excluding hydrogens is 448 g/mol. The van der Waals surface area contributed by atoms with E-state index in [2.05, 4.69) is 15.8 Å². The van der Waals surface area contributed by atoms with E-state index in [4.69, 9.17) is 16.0 Å². The largest absolute Gasteiger partial charge is 0.455 e. The van der Waals surface area contributed by atoms with E-state index in [1.165, 1.54) is 12.1 Å². The molecule has 1 aliphatic carbocycles. The molecule has 4 rings (SSSR count). The fourth-order valence-electron chi connectivity index (χ4n) is 3.68. The number of amides is 2. The molecular formula is C23H19ClN4O5. The number of benzene rings is 2. The fraction of sp³-hybridized carbons (Fsp3) is 0.174. The first-order valence-electron chi connectivity index (χ1n) is 10.1. The minimum Gasteiger partial charge on any atom is -0.455 e. The lowest BCUT2D eigenvalue weighted by Crippen LogP contribution is -2.22. The van der Waals surface area contributed by atoms with Crippen molar-refractivity contribution in [3.63, 3.8) is 0 Å². The summed E-state index contributed by atoms with van der Waals surface area (Å²) < 4.78 is 5.85. The molecule has 1 aromatic heterocycles. The number of furan rings is 1. The van der Waals surface area contributed by atoms with Gasteiger partial charge in [-0.1, -0.05) is 29.8 Å². The summed E-state index contributed by atoms with van der Waals surface area (Å²) in [5, 5.41) is 18.1. The number of rotatable bonds is 5. The zero-order chi connectivity index (χ0) is 23.5. The predicted octanol–water partition coefficient (Wildman–Crippen LogP) is 4.87. The van der Waals surface area contributed by atoms with Gasteiger partial charge in [0.2, 0.25) is 0 Å². The van der Waals surface area contributed by atoms with Gasteiger partial charge in [-0.25, -0.2) is 5.43 Å². The van der Waals surface area contributed by atoms with Crippen LogP contribution in [0.3, 0.4) is 0 Å². The van der Waals surface area contributed by atoms with Crippen molar-refractivity contribution in [3.8, 4) is 0 Å². The summed E-state index contributed by atoms with van der Waals surface area (Å²) in [6.07, 6.45) is 1.96. The van der Waals surface area contributed by atoms with Gasteiger partial charge in [0.25, 0.3) is 17.5 Å². The minimum atomic E-state index is -0.657. The summed E-state index contributed by atoms with van der Waals surface area (Å²) in [6, 6.07) is 12.8. The van der Waals surface area contributed by atoms with Crippen LogP contribution in [-0.4, -0.2) is 22.4 Å². The Bertz CT molecular complexity index is 1280. The monoisotopic (exact) mass is 466 g/mol. The van der Waals surface area contributed by atoms with Crippen LogP contribution in [0.5, 0.6) is 0 Å². The van der Waals surface area contributed by atoms with Crippen LogP contribution in [0.25, 0.3) is 0 Å². The maximum Gasteiger partial charge on any atom is 0.291 e. The molecule has 10 heteroatoms. The second-order valence-electron chi connectivity index (χ2n) is 7.45. The summed E-state index contributed by atoms with van der Waals surface area (Å²) in [5.74, 6) is -0.160. The zero-order valence-electron chi connectivity index (χ0n) is 17.6. The number of hydrazone groups is 1. The van der Waals surface area contributed by atoms with Gasteiger partial charge in [-0.3, -0.25) is 19.7 Å². The molecule has 33 heavy (non-hydrogen) atoms. The predicted molar refractivity (Wildman–Crippen MR) is 123 cm³/mol. The van der Waals surface area contributed by atoms with Crippen LogP contribution in [0.4, 0.5) is 11.4 Å². The van der Waals surface area contributed by atoms with Gasteiger partial charge in [0, 0.05) is 34.9 Å². The van der Waals surface area contributed by atoms with E-state index < -0.39 is 10.8 Å².